The van der Waals surface area contributed by atoms with Crippen molar-refractivity contribution in [2.24, 2.45) is 5.73 Å². The first-order chi connectivity index (χ1) is 16.9. The SMILES string of the molecule is CCNc1ncc2cc(-c3ccc(-c4cncc(C)n4)cc3Cl)c(=O)n([C@H]3CC[C@H](N)CC3)c2n1. The Morgan fingerprint density at radius 1 is 1.09 bits per heavy atom. The van der Waals surface area contributed by atoms with Gasteiger partial charge < -0.3 is 11.1 Å². The topological polar surface area (TPSA) is 112 Å². The van der Waals surface area contributed by atoms with Gasteiger partial charge in [0.15, 0.2) is 0 Å². The van der Waals surface area contributed by atoms with E-state index in [0.29, 0.717) is 34.3 Å². The van der Waals surface area contributed by atoms with Gasteiger partial charge in [-0.1, -0.05) is 23.7 Å². The summed E-state index contributed by atoms with van der Waals surface area (Å²) < 4.78 is 1.83. The van der Waals surface area contributed by atoms with Crippen LogP contribution < -0.4 is 16.6 Å². The molecule has 0 amide bonds. The predicted molar refractivity (Wildman–Crippen MR) is 140 cm³/mol. The zero-order valence-corrected chi connectivity index (χ0v) is 20.6. The molecule has 1 fully saturated rings. The average Bonchev–Trinajstić information content (AvgIpc) is 2.85. The molecule has 0 spiro atoms. The van der Waals surface area contributed by atoms with Crippen LogP contribution in [0, 0.1) is 6.92 Å². The molecule has 0 unspecified atom stereocenters. The predicted octanol–water partition coefficient (Wildman–Crippen LogP) is 4.75. The maximum Gasteiger partial charge on any atom is 0.260 e. The smallest absolute Gasteiger partial charge is 0.260 e. The van der Waals surface area contributed by atoms with E-state index >= 15 is 0 Å². The fourth-order valence-corrected chi connectivity index (χ4v) is 5.03. The molecule has 8 nitrogen and oxygen atoms in total. The molecule has 1 aliphatic rings. The highest BCUT2D eigenvalue weighted by Crippen LogP contribution is 2.34. The number of fused-ring (bicyclic) bond motifs is 1. The largest absolute Gasteiger partial charge is 0.354 e. The van der Waals surface area contributed by atoms with Crippen LogP contribution in [0.15, 0.2) is 47.7 Å². The quantitative estimate of drug-likeness (QED) is 0.416. The zero-order chi connectivity index (χ0) is 24.5. The van der Waals surface area contributed by atoms with Crippen molar-refractivity contribution in [1.29, 1.82) is 0 Å². The summed E-state index contributed by atoms with van der Waals surface area (Å²) in [6.07, 6.45) is 8.59. The standard InChI is InChI=1S/C26H28ClN7O/c1-3-30-26-31-13-17-10-21(25(35)34(24(17)33-26)19-7-5-18(28)6-8-19)20-9-4-16(11-22(20)27)23-14-29-12-15(2)32-23/h4,9-14,18-19H,3,5-8,28H2,1-2H3,(H,30,31,33)/t18-,19-. The van der Waals surface area contributed by atoms with E-state index < -0.39 is 0 Å². The Bertz CT molecular complexity index is 1440. The van der Waals surface area contributed by atoms with Crippen LogP contribution in [-0.2, 0) is 0 Å². The summed E-state index contributed by atoms with van der Waals surface area (Å²) in [5, 5.41) is 4.42. The minimum atomic E-state index is -0.107. The minimum Gasteiger partial charge on any atom is -0.354 e. The molecule has 180 valence electrons. The third kappa shape index (κ3) is 4.63. The Morgan fingerprint density at radius 3 is 2.60 bits per heavy atom. The Kier molecular flexibility index (Phi) is 6.49. The van der Waals surface area contributed by atoms with Crippen molar-refractivity contribution < 1.29 is 0 Å². The molecular weight excluding hydrogens is 462 g/mol. The highest BCUT2D eigenvalue weighted by molar-refractivity contribution is 6.33. The van der Waals surface area contributed by atoms with E-state index in [4.69, 9.17) is 22.3 Å². The van der Waals surface area contributed by atoms with Gasteiger partial charge in [-0.2, -0.15) is 4.98 Å². The second kappa shape index (κ2) is 9.71. The van der Waals surface area contributed by atoms with Crippen LogP contribution in [0.1, 0.15) is 44.3 Å². The highest BCUT2D eigenvalue weighted by atomic mass is 35.5. The Labute approximate surface area is 208 Å². The van der Waals surface area contributed by atoms with Crippen LogP contribution in [0.5, 0.6) is 0 Å². The van der Waals surface area contributed by atoms with E-state index in [1.165, 1.54) is 0 Å². The molecule has 5 rings (SSSR count). The van der Waals surface area contributed by atoms with E-state index in [2.05, 4.69) is 20.3 Å². The second-order valence-electron chi connectivity index (χ2n) is 9.04. The van der Waals surface area contributed by atoms with Gasteiger partial charge in [-0.3, -0.25) is 14.3 Å². The number of rotatable bonds is 5. The maximum absolute atomic E-state index is 14.0. The monoisotopic (exact) mass is 489 g/mol. The normalized spacial score (nSPS) is 18.1. The van der Waals surface area contributed by atoms with Crippen LogP contribution in [0.25, 0.3) is 33.4 Å². The van der Waals surface area contributed by atoms with E-state index in [9.17, 15) is 4.79 Å². The number of benzene rings is 1. The van der Waals surface area contributed by atoms with Crippen molar-refractivity contribution in [3.8, 4) is 22.4 Å². The highest BCUT2D eigenvalue weighted by Gasteiger charge is 2.25. The van der Waals surface area contributed by atoms with Crippen LogP contribution >= 0.6 is 11.6 Å². The van der Waals surface area contributed by atoms with E-state index in [-0.39, 0.29) is 17.6 Å². The molecule has 1 aliphatic carbocycles. The van der Waals surface area contributed by atoms with Crippen LogP contribution in [0.4, 0.5) is 5.95 Å². The number of aromatic nitrogens is 5. The molecule has 0 radical (unpaired) electrons. The van der Waals surface area contributed by atoms with Crippen molar-refractivity contribution in [3.63, 3.8) is 0 Å². The summed E-state index contributed by atoms with van der Waals surface area (Å²) in [5.41, 5.74) is 10.3. The van der Waals surface area contributed by atoms with Crippen LogP contribution in [0.3, 0.4) is 0 Å². The summed E-state index contributed by atoms with van der Waals surface area (Å²) in [4.78, 5) is 31.8. The number of halogens is 1. The van der Waals surface area contributed by atoms with Crippen LogP contribution in [0.2, 0.25) is 5.02 Å². The van der Waals surface area contributed by atoms with Crippen molar-refractivity contribution in [1.82, 2.24) is 24.5 Å². The molecule has 9 heteroatoms. The zero-order valence-electron chi connectivity index (χ0n) is 19.8. The van der Waals surface area contributed by atoms with Crippen molar-refractivity contribution >= 4 is 28.6 Å². The average molecular weight is 490 g/mol. The molecule has 4 aromatic rings. The molecule has 3 aromatic heterocycles. The Morgan fingerprint density at radius 2 is 1.89 bits per heavy atom. The van der Waals surface area contributed by atoms with Gasteiger partial charge in [0.25, 0.3) is 5.56 Å². The van der Waals surface area contributed by atoms with Crippen molar-refractivity contribution in [2.45, 2.75) is 51.6 Å². The number of pyridine rings is 1. The number of nitrogens with one attached hydrogen (secondary N) is 1. The van der Waals surface area contributed by atoms with Gasteiger partial charge in [-0.05, 0) is 51.7 Å². The van der Waals surface area contributed by atoms with E-state index in [1.807, 2.05) is 42.7 Å². The maximum atomic E-state index is 14.0. The molecule has 1 saturated carbocycles. The lowest BCUT2D eigenvalue weighted by molar-refractivity contribution is 0.324. The van der Waals surface area contributed by atoms with Gasteiger partial charge in [-0.25, -0.2) is 9.97 Å². The molecule has 0 saturated heterocycles. The summed E-state index contributed by atoms with van der Waals surface area (Å²) >= 11 is 6.75. The third-order valence-electron chi connectivity index (χ3n) is 6.52. The molecular formula is C26H28ClN7O. The Hall–Kier alpha value is -3.36. The molecule has 3 heterocycles. The lowest BCUT2D eigenvalue weighted by Crippen LogP contribution is -2.33. The molecule has 0 aliphatic heterocycles. The van der Waals surface area contributed by atoms with Crippen molar-refractivity contribution in [3.05, 3.63) is 63.9 Å². The van der Waals surface area contributed by atoms with Gasteiger partial charge in [0.05, 0.1) is 17.6 Å². The number of nitrogens with zero attached hydrogens (tertiary/aromatic N) is 5. The number of anilines is 1. The first-order valence-electron chi connectivity index (χ1n) is 11.9. The molecule has 3 N–H and O–H groups in total. The summed E-state index contributed by atoms with van der Waals surface area (Å²) in [7, 11) is 0. The van der Waals surface area contributed by atoms with Gasteiger partial charge >= 0.3 is 0 Å². The number of hydrogen-bond donors (Lipinski definition) is 2. The molecule has 1 aromatic carbocycles. The summed E-state index contributed by atoms with van der Waals surface area (Å²) in [6.45, 7) is 4.57. The Balaban J connectivity index is 1.66. The first kappa shape index (κ1) is 23.4. The van der Waals surface area contributed by atoms with Gasteiger partial charge in [-0.15, -0.1) is 0 Å². The number of nitrogens with two attached hydrogens (primary N) is 1. The fraction of sp³-hybridized carbons (Fsp3) is 0.346. The van der Waals surface area contributed by atoms with E-state index in [1.54, 1.807) is 18.6 Å². The number of aryl methyl sites for hydroxylation is 1. The van der Waals surface area contributed by atoms with Gasteiger partial charge in [0.2, 0.25) is 5.95 Å². The summed E-state index contributed by atoms with van der Waals surface area (Å²) in [6, 6.07) is 7.66. The second-order valence-corrected chi connectivity index (χ2v) is 9.45. The number of hydrogen-bond acceptors (Lipinski definition) is 7. The third-order valence-corrected chi connectivity index (χ3v) is 6.84. The van der Waals surface area contributed by atoms with E-state index in [0.717, 1.165) is 48.0 Å². The first-order valence-corrected chi connectivity index (χ1v) is 12.3. The lowest BCUT2D eigenvalue weighted by atomic mass is 9.91. The lowest BCUT2D eigenvalue weighted by Gasteiger charge is -2.29. The van der Waals surface area contributed by atoms with Gasteiger partial charge in [0, 0.05) is 58.1 Å². The van der Waals surface area contributed by atoms with Crippen LogP contribution in [-0.4, -0.2) is 37.1 Å². The van der Waals surface area contributed by atoms with Gasteiger partial charge in [0.1, 0.15) is 5.65 Å². The molecule has 35 heavy (non-hydrogen) atoms. The van der Waals surface area contributed by atoms with Crippen molar-refractivity contribution in [2.75, 3.05) is 11.9 Å². The summed E-state index contributed by atoms with van der Waals surface area (Å²) in [5.74, 6) is 0.509. The molecule has 0 bridgehead atoms. The fourth-order valence-electron chi connectivity index (χ4n) is 4.75. The molecule has 0 atom stereocenters. The minimum absolute atomic E-state index is 0.0229.